The third-order valence-electron chi connectivity index (χ3n) is 4.89. The molecule has 0 saturated heterocycles. The van der Waals surface area contributed by atoms with Crippen molar-refractivity contribution in [2.45, 2.75) is 90.4 Å². The van der Waals surface area contributed by atoms with Gasteiger partial charge in [0.15, 0.2) is 0 Å². The van der Waals surface area contributed by atoms with E-state index in [2.05, 4.69) is 51.1 Å². The van der Waals surface area contributed by atoms with Crippen LogP contribution in [0.2, 0.25) is 0 Å². The normalized spacial score (nSPS) is 11.8. The van der Waals surface area contributed by atoms with Gasteiger partial charge in [-0.25, -0.2) is 0 Å². The van der Waals surface area contributed by atoms with Gasteiger partial charge in [0.05, 0.1) is 0 Å². The maximum atomic E-state index is 3.48. The van der Waals surface area contributed by atoms with Crippen molar-refractivity contribution in [2.24, 2.45) is 0 Å². The molecule has 0 aliphatic rings. The van der Waals surface area contributed by atoms with Crippen molar-refractivity contribution in [3.63, 3.8) is 0 Å². The largest absolute Gasteiger partial charge is 0.0654 e. The highest BCUT2D eigenvalue weighted by Crippen LogP contribution is 2.36. The second-order valence-corrected chi connectivity index (χ2v) is 6.14. The Labute approximate surface area is 127 Å². The Kier molecular flexibility index (Phi) is 8.65. The van der Waals surface area contributed by atoms with Crippen molar-refractivity contribution in [3.8, 4) is 0 Å². The molecule has 0 bridgehead atoms. The zero-order valence-electron chi connectivity index (χ0n) is 13.9. The molecule has 1 aromatic rings. The first-order valence-corrected chi connectivity index (χ1v) is 8.76. The van der Waals surface area contributed by atoms with Crippen LogP contribution < -0.4 is 0 Å². The summed E-state index contributed by atoms with van der Waals surface area (Å²) in [5.41, 5.74) is 1.79. The van der Waals surface area contributed by atoms with Crippen LogP contribution in [0, 0.1) is 6.07 Å². The van der Waals surface area contributed by atoms with Crippen LogP contribution in [0.5, 0.6) is 0 Å². The molecule has 0 aliphatic carbocycles. The lowest BCUT2D eigenvalue weighted by atomic mass is 9.72. The summed E-state index contributed by atoms with van der Waals surface area (Å²) in [5, 5.41) is 0. The van der Waals surface area contributed by atoms with Crippen molar-refractivity contribution in [2.75, 3.05) is 0 Å². The summed E-state index contributed by atoms with van der Waals surface area (Å²) in [6.45, 7) is 6.96. The van der Waals surface area contributed by atoms with Crippen molar-refractivity contribution >= 4 is 0 Å². The van der Waals surface area contributed by atoms with E-state index in [0.29, 0.717) is 5.41 Å². The van der Waals surface area contributed by atoms with Gasteiger partial charge in [0.25, 0.3) is 0 Å². The van der Waals surface area contributed by atoms with Crippen molar-refractivity contribution in [1.82, 2.24) is 0 Å². The zero-order chi connectivity index (χ0) is 14.7. The molecule has 1 radical (unpaired) electrons. The Morgan fingerprint density at radius 1 is 0.850 bits per heavy atom. The lowest BCUT2D eigenvalue weighted by Gasteiger charge is -2.32. The third-order valence-corrected chi connectivity index (χ3v) is 4.89. The van der Waals surface area contributed by atoms with Gasteiger partial charge in [0.2, 0.25) is 0 Å². The van der Waals surface area contributed by atoms with Gasteiger partial charge in [-0.15, -0.1) is 0 Å². The van der Waals surface area contributed by atoms with E-state index in [1.807, 2.05) is 0 Å². The molecule has 0 spiro atoms. The smallest absolute Gasteiger partial charge is 0.00461 e. The standard InChI is InChI=1S/C20H33/c1-4-7-8-9-10-11-15-18-20(5-2,6-3)19-16-13-12-14-17-19/h12-14,16H,4-11,15,18H2,1-3H3. The molecule has 0 aliphatic heterocycles. The minimum Gasteiger partial charge on any atom is -0.0654 e. The predicted molar refractivity (Wildman–Crippen MR) is 90.1 cm³/mol. The highest BCUT2D eigenvalue weighted by molar-refractivity contribution is 5.23. The number of hydrogen-bond acceptors (Lipinski definition) is 0. The minimum atomic E-state index is 0.366. The highest BCUT2D eigenvalue weighted by Gasteiger charge is 2.27. The van der Waals surface area contributed by atoms with E-state index in [1.165, 1.54) is 69.8 Å². The van der Waals surface area contributed by atoms with Crippen LogP contribution in [0.4, 0.5) is 0 Å². The van der Waals surface area contributed by atoms with Crippen molar-refractivity contribution in [1.29, 1.82) is 0 Å². The summed E-state index contributed by atoms with van der Waals surface area (Å²) in [6, 6.07) is 12.1. The molecule has 0 N–H and O–H groups in total. The Hall–Kier alpha value is -0.780. The summed E-state index contributed by atoms with van der Waals surface area (Å²) in [7, 11) is 0. The van der Waals surface area contributed by atoms with E-state index in [0.717, 1.165) is 0 Å². The molecular formula is C20H33. The third kappa shape index (κ3) is 5.31. The molecule has 0 atom stereocenters. The molecule has 0 heterocycles. The van der Waals surface area contributed by atoms with Crippen LogP contribution in [0.1, 0.15) is 90.5 Å². The first-order chi connectivity index (χ1) is 9.79. The number of unbranched alkanes of at least 4 members (excludes halogenated alkanes) is 6. The van der Waals surface area contributed by atoms with Gasteiger partial charge in [0, 0.05) is 0 Å². The molecule has 0 amide bonds. The second-order valence-electron chi connectivity index (χ2n) is 6.14. The molecule has 113 valence electrons. The average molecular weight is 273 g/mol. The molecule has 0 fully saturated rings. The molecule has 1 rings (SSSR count). The van der Waals surface area contributed by atoms with Gasteiger partial charge < -0.3 is 0 Å². The van der Waals surface area contributed by atoms with Crippen molar-refractivity contribution in [3.05, 3.63) is 35.9 Å². The van der Waals surface area contributed by atoms with Gasteiger partial charge in [0.1, 0.15) is 0 Å². The van der Waals surface area contributed by atoms with E-state index in [1.54, 1.807) is 0 Å². The first-order valence-electron chi connectivity index (χ1n) is 8.76. The first kappa shape index (κ1) is 17.3. The van der Waals surface area contributed by atoms with Crippen molar-refractivity contribution < 1.29 is 0 Å². The monoisotopic (exact) mass is 273 g/mol. The summed E-state index contributed by atoms with van der Waals surface area (Å²) >= 11 is 0. The molecule has 20 heavy (non-hydrogen) atoms. The molecule has 0 unspecified atom stereocenters. The van der Waals surface area contributed by atoms with E-state index in [9.17, 15) is 0 Å². The Morgan fingerprint density at radius 3 is 2.05 bits per heavy atom. The van der Waals surface area contributed by atoms with Crippen LogP contribution >= 0.6 is 0 Å². The van der Waals surface area contributed by atoms with E-state index in [-0.39, 0.29) is 0 Å². The van der Waals surface area contributed by atoms with Gasteiger partial charge in [-0.3, -0.25) is 0 Å². The Balaban J connectivity index is 2.40. The second kappa shape index (κ2) is 10.0. The number of hydrogen-bond donors (Lipinski definition) is 0. The molecule has 0 aromatic heterocycles. The lowest BCUT2D eigenvalue weighted by molar-refractivity contribution is 0.347. The summed E-state index contributed by atoms with van der Waals surface area (Å²) in [6.07, 6.45) is 13.6. The highest BCUT2D eigenvalue weighted by atomic mass is 14.3. The summed E-state index contributed by atoms with van der Waals surface area (Å²) < 4.78 is 0. The topological polar surface area (TPSA) is 0 Å². The molecule has 1 aromatic carbocycles. The SMILES string of the molecule is CCCCCCCCCC(CC)(CC)c1[c]cccc1. The Morgan fingerprint density at radius 2 is 1.50 bits per heavy atom. The summed E-state index contributed by atoms with van der Waals surface area (Å²) in [5.74, 6) is 0. The predicted octanol–water partition coefficient (Wildman–Crippen LogP) is 6.69. The van der Waals surface area contributed by atoms with Crippen LogP contribution in [-0.2, 0) is 5.41 Å². The van der Waals surface area contributed by atoms with Crippen LogP contribution in [-0.4, -0.2) is 0 Å². The number of benzene rings is 1. The quantitative estimate of drug-likeness (QED) is 0.394. The van der Waals surface area contributed by atoms with E-state index in [4.69, 9.17) is 0 Å². The lowest BCUT2D eigenvalue weighted by Crippen LogP contribution is -2.24. The maximum Gasteiger partial charge on any atom is -0.00461 e. The maximum absolute atomic E-state index is 3.48. The van der Waals surface area contributed by atoms with Crippen LogP contribution in [0.15, 0.2) is 24.3 Å². The van der Waals surface area contributed by atoms with E-state index >= 15 is 0 Å². The Bertz CT molecular complexity index is 321. The average Bonchev–Trinajstić information content (AvgIpc) is 2.52. The van der Waals surface area contributed by atoms with Crippen LogP contribution in [0.3, 0.4) is 0 Å². The van der Waals surface area contributed by atoms with Crippen LogP contribution in [0.25, 0.3) is 0 Å². The van der Waals surface area contributed by atoms with Gasteiger partial charge in [-0.1, -0.05) is 90.0 Å². The zero-order valence-corrected chi connectivity index (χ0v) is 13.9. The van der Waals surface area contributed by atoms with Gasteiger partial charge in [-0.05, 0) is 36.3 Å². The number of rotatable bonds is 11. The molecule has 0 nitrogen and oxygen atoms in total. The summed E-state index contributed by atoms with van der Waals surface area (Å²) in [4.78, 5) is 0. The molecule has 0 heteroatoms. The van der Waals surface area contributed by atoms with Gasteiger partial charge >= 0.3 is 0 Å². The fraction of sp³-hybridized carbons (Fsp3) is 0.700. The molecular weight excluding hydrogens is 240 g/mol. The fourth-order valence-corrected chi connectivity index (χ4v) is 3.26. The minimum absolute atomic E-state index is 0.366. The fourth-order valence-electron chi connectivity index (χ4n) is 3.26. The molecule has 0 saturated carbocycles. The van der Waals surface area contributed by atoms with Gasteiger partial charge in [-0.2, -0.15) is 0 Å². The van der Waals surface area contributed by atoms with E-state index < -0.39 is 0 Å².